The summed E-state index contributed by atoms with van der Waals surface area (Å²) in [4.78, 5) is 0. The fraction of sp³-hybridized carbons (Fsp3) is 0.600. The number of thiocarbonyl (C=S) groups is 6. The summed E-state index contributed by atoms with van der Waals surface area (Å²) in [6.07, 6.45) is 0. The molecule has 0 saturated carbocycles. The smallest absolute Gasteiger partial charge is 0.412 e. The van der Waals surface area contributed by atoms with Gasteiger partial charge in [0.1, 0.15) is 0 Å². The van der Waals surface area contributed by atoms with Gasteiger partial charge in [0, 0.05) is 37.8 Å². The largest absolute Gasteiger partial charge is 3.00 e. The average Bonchev–Trinajstić information content (AvgIpc) is 2.62. The Morgan fingerprint density at radius 2 is 0.629 bits per heavy atom. The molecule has 3 atom stereocenters. The van der Waals surface area contributed by atoms with Gasteiger partial charge in [0.25, 0.3) is 0 Å². The Morgan fingerprint density at radius 3 is 0.743 bits per heavy atom. The molecule has 0 aliphatic carbocycles. The zero-order valence-corrected chi connectivity index (χ0v) is 30.5. The van der Waals surface area contributed by atoms with Crippen LogP contribution >= 0.6 is 73.3 Å². The van der Waals surface area contributed by atoms with E-state index < -0.39 is 0 Å². The fourth-order valence-corrected chi connectivity index (χ4v) is 3.17. The number of hydrogen-bond donors (Lipinski definition) is 6. The van der Waals surface area contributed by atoms with Crippen molar-refractivity contribution in [2.75, 3.05) is 19.6 Å². The molecule has 2 radical (unpaired) electrons. The third-order valence-electron chi connectivity index (χ3n) is 2.75. The molecule has 20 heteroatoms. The van der Waals surface area contributed by atoms with Gasteiger partial charge in [-0.1, -0.05) is 25.9 Å². The van der Waals surface area contributed by atoms with Crippen molar-refractivity contribution in [2.24, 2.45) is 0 Å². The average molecular weight is 785 g/mol. The molecular weight excluding hydrogens is 761 g/mol. The summed E-state index contributed by atoms with van der Waals surface area (Å²) in [5, 5.41) is 17.1. The van der Waals surface area contributed by atoms with Gasteiger partial charge in [0.05, 0.1) is 0 Å². The third-order valence-corrected chi connectivity index (χ3v) is 4.32. The normalized spacial score (nSPS) is 11.1. The maximum Gasteiger partial charge on any atom is 3.00 e. The van der Waals surface area contributed by atoms with Crippen LogP contribution in [0, 0.1) is 0 Å². The fourth-order valence-electron chi connectivity index (χ4n) is 1.47. The van der Waals surface area contributed by atoms with Gasteiger partial charge in [0.2, 0.25) is 0 Å². The van der Waals surface area contributed by atoms with Crippen LogP contribution in [0.4, 0.5) is 0 Å². The minimum atomic E-state index is 0. The molecule has 0 aromatic carbocycles. The van der Waals surface area contributed by atoms with Crippen LogP contribution in [0.15, 0.2) is 0 Å². The van der Waals surface area contributed by atoms with Crippen molar-refractivity contribution < 1.29 is 34.1 Å². The van der Waals surface area contributed by atoms with E-state index in [1.165, 1.54) is 0 Å². The van der Waals surface area contributed by atoms with Crippen molar-refractivity contribution in [3.63, 3.8) is 0 Å². The Hall–Kier alpha value is 1.70. The number of hydrogen-bond acceptors (Lipinski definition) is 12. The summed E-state index contributed by atoms with van der Waals surface area (Å²) >= 11 is 55.9. The zero-order chi connectivity index (χ0) is 26.6. The van der Waals surface area contributed by atoms with Crippen molar-refractivity contribution in [3.8, 4) is 0 Å². The summed E-state index contributed by atoms with van der Waals surface area (Å²) in [6.45, 7) is 7.79. The molecule has 0 rings (SSSR count). The molecule has 0 aromatic heterocycles. The van der Waals surface area contributed by atoms with Crippen LogP contribution in [-0.2, 0) is 110 Å². The summed E-state index contributed by atoms with van der Waals surface area (Å²) in [6, 6.07) is 0.502. The standard InChI is InChI=1S/3C5H10N2S4.2Fe/c3*1-3(7-5(10)11)2-6-4(8)9;;/h3*3H,2H2,1H3,(H2,6,8,9)(H2,7,10,11);;/q;;;2*+3/p-6. The number of rotatable bonds is 9. The summed E-state index contributed by atoms with van der Waals surface area (Å²) in [7, 11) is 0. The van der Waals surface area contributed by atoms with Crippen LogP contribution in [-0.4, -0.2) is 63.7 Å². The Morgan fingerprint density at radius 1 is 0.457 bits per heavy atom. The van der Waals surface area contributed by atoms with Crippen molar-refractivity contribution >= 4 is 175 Å². The van der Waals surface area contributed by atoms with E-state index >= 15 is 0 Å². The van der Waals surface area contributed by atoms with E-state index in [2.05, 4.69) is 181 Å². The molecule has 0 aliphatic rings. The summed E-state index contributed by atoms with van der Waals surface area (Å²) in [5.74, 6) is 0. The van der Waals surface area contributed by atoms with Gasteiger partial charge in [-0.3, -0.25) is 0 Å². The predicted molar refractivity (Wildman–Crippen MR) is 182 cm³/mol. The molecule has 6 nitrogen and oxygen atoms in total. The third kappa shape index (κ3) is 49.2. The molecule has 6 N–H and O–H groups in total. The Bertz CT molecular complexity index is 572. The second-order valence-corrected chi connectivity index (χ2v) is 12.5. The molecule has 0 fully saturated rings. The molecule has 0 aliphatic heterocycles. The van der Waals surface area contributed by atoms with Gasteiger partial charge in [-0.15, -0.1) is 0 Å². The molecule has 0 spiro atoms. The van der Waals surface area contributed by atoms with Gasteiger partial charge in [0.15, 0.2) is 0 Å². The second kappa shape index (κ2) is 30.2. The van der Waals surface area contributed by atoms with Crippen molar-refractivity contribution in [1.82, 2.24) is 31.9 Å². The first-order valence-corrected chi connectivity index (χ1v) is 13.7. The maximum atomic E-state index is 4.67. The van der Waals surface area contributed by atoms with Gasteiger partial charge >= 0.3 is 34.1 Å². The zero-order valence-electron chi connectivity index (χ0n) is 18.5. The molecule has 0 aromatic rings. The summed E-state index contributed by atoms with van der Waals surface area (Å²) < 4.78 is 2.22. The van der Waals surface area contributed by atoms with Gasteiger partial charge in [-0.25, -0.2) is 0 Å². The SMILES string of the molecule is CC(CNC(=S)[S-])NC(=S)[S-].CC(CNC(=S)[S-])NC(=S)[S-].CC(CNC(=S)[S-])NC(=S)[S-].[Fe+3].[Fe+3]. The molecule has 0 saturated heterocycles. The van der Waals surface area contributed by atoms with E-state index in [9.17, 15) is 0 Å². The Balaban J connectivity index is -0.000000125. The molecule has 35 heavy (non-hydrogen) atoms. The molecule has 0 amide bonds. The van der Waals surface area contributed by atoms with E-state index in [1.807, 2.05) is 20.8 Å². The van der Waals surface area contributed by atoms with Crippen LogP contribution in [0.2, 0.25) is 0 Å². The van der Waals surface area contributed by atoms with E-state index in [0.717, 1.165) is 0 Å². The minimum absolute atomic E-state index is 0. The van der Waals surface area contributed by atoms with E-state index in [4.69, 9.17) is 0 Å². The Labute approximate surface area is 295 Å². The maximum absolute atomic E-state index is 4.67. The number of nitrogens with one attached hydrogen (secondary N) is 6. The van der Waals surface area contributed by atoms with Crippen molar-refractivity contribution in [1.29, 1.82) is 0 Å². The van der Waals surface area contributed by atoms with Crippen molar-refractivity contribution in [2.45, 2.75) is 38.9 Å². The Kier molecular flexibility index (Phi) is 40.2. The van der Waals surface area contributed by atoms with Crippen LogP contribution in [0.1, 0.15) is 20.8 Å². The quantitative estimate of drug-likeness (QED) is 0.113. The molecule has 0 bridgehead atoms. The molecule has 202 valence electrons. The first-order valence-electron chi connectivity index (χ1n) is 8.83. The van der Waals surface area contributed by atoms with Crippen LogP contribution in [0.3, 0.4) is 0 Å². The predicted octanol–water partition coefficient (Wildman–Crippen LogP) is 0.648. The topological polar surface area (TPSA) is 72.2 Å². The second-order valence-electron chi connectivity index (χ2n) is 6.00. The van der Waals surface area contributed by atoms with Crippen LogP contribution < -0.4 is 31.9 Å². The monoisotopic (exact) mass is 784 g/mol. The van der Waals surface area contributed by atoms with Gasteiger partial charge in [-0.05, 0) is 20.8 Å². The molecular formula is C15H24Fe2N6S12. The van der Waals surface area contributed by atoms with E-state index in [0.29, 0.717) is 45.6 Å². The molecule has 3 unspecified atom stereocenters. The van der Waals surface area contributed by atoms with E-state index in [1.54, 1.807) is 0 Å². The minimum Gasteiger partial charge on any atom is -0.412 e. The van der Waals surface area contributed by atoms with Crippen LogP contribution in [0.25, 0.3) is 0 Å². The van der Waals surface area contributed by atoms with Gasteiger partial charge < -0.3 is 181 Å². The first kappa shape index (κ1) is 46.5. The van der Waals surface area contributed by atoms with Crippen molar-refractivity contribution in [3.05, 3.63) is 0 Å². The van der Waals surface area contributed by atoms with Crippen LogP contribution in [0.5, 0.6) is 0 Å². The molecule has 0 heterocycles. The summed E-state index contributed by atoms with van der Waals surface area (Å²) in [5.41, 5.74) is 0. The first-order chi connectivity index (χ1) is 15.1. The van der Waals surface area contributed by atoms with Gasteiger partial charge in [-0.2, -0.15) is 0 Å². The van der Waals surface area contributed by atoms with E-state index in [-0.39, 0.29) is 52.3 Å².